The fraction of sp³-hybridized carbons (Fsp3) is 0.350. The number of amides is 1. The molecule has 1 aromatic carbocycles. The van der Waals surface area contributed by atoms with E-state index in [1.165, 1.54) is 12.1 Å². The van der Waals surface area contributed by atoms with Crippen molar-refractivity contribution in [2.24, 2.45) is 5.92 Å². The monoisotopic (exact) mass is 354 g/mol. The number of carboxylic acid groups (broad SMARTS) is 1. The maximum absolute atomic E-state index is 12.6. The zero-order valence-corrected chi connectivity index (χ0v) is 14.7. The second kappa shape index (κ2) is 7.99. The molecule has 0 radical (unpaired) electrons. The van der Waals surface area contributed by atoms with Crippen molar-refractivity contribution in [1.29, 1.82) is 0 Å². The van der Waals surface area contributed by atoms with Gasteiger partial charge in [-0.2, -0.15) is 0 Å². The van der Waals surface area contributed by atoms with Gasteiger partial charge in [-0.3, -0.25) is 4.79 Å². The summed E-state index contributed by atoms with van der Waals surface area (Å²) in [5.74, 6) is 0.105. The zero-order valence-electron chi connectivity index (χ0n) is 14.7. The van der Waals surface area contributed by atoms with E-state index >= 15 is 0 Å². The van der Waals surface area contributed by atoms with Crippen LogP contribution in [0.2, 0.25) is 0 Å². The molecular weight excluding hydrogens is 332 g/mol. The van der Waals surface area contributed by atoms with Crippen LogP contribution in [-0.2, 0) is 0 Å². The van der Waals surface area contributed by atoms with Crippen molar-refractivity contribution in [1.82, 2.24) is 9.88 Å². The summed E-state index contributed by atoms with van der Waals surface area (Å²) in [6.45, 7) is 3.57. The Morgan fingerprint density at radius 1 is 1.15 bits per heavy atom. The van der Waals surface area contributed by atoms with Gasteiger partial charge in [0.2, 0.25) is 0 Å². The van der Waals surface area contributed by atoms with E-state index in [-0.39, 0.29) is 11.5 Å². The van der Waals surface area contributed by atoms with Crippen LogP contribution in [0.3, 0.4) is 0 Å². The second-order valence-corrected chi connectivity index (χ2v) is 6.49. The SMILES string of the molecule is Cc1nc(C(=O)N2CCC(COc3ccccc3)CC2)ccc1C(=O)O. The molecule has 1 aromatic heterocycles. The number of aryl methyl sites for hydroxylation is 1. The molecule has 1 amide bonds. The Hall–Kier alpha value is -2.89. The molecule has 2 heterocycles. The third kappa shape index (κ3) is 4.20. The third-order valence-electron chi connectivity index (χ3n) is 4.67. The van der Waals surface area contributed by atoms with E-state index < -0.39 is 5.97 Å². The van der Waals surface area contributed by atoms with Crippen molar-refractivity contribution in [2.75, 3.05) is 19.7 Å². The highest BCUT2D eigenvalue weighted by Crippen LogP contribution is 2.21. The topological polar surface area (TPSA) is 79.7 Å². The van der Waals surface area contributed by atoms with Gasteiger partial charge in [-0.15, -0.1) is 0 Å². The number of carboxylic acids is 1. The summed E-state index contributed by atoms with van der Waals surface area (Å²) in [6, 6.07) is 12.7. The number of aromatic carboxylic acids is 1. The summed E-state index contributed by atoms with van der Waals surface area (Å²) >= 11 is 0. The van der Waals surface area contributed by atoms with Gasteiger partial charge in [0.25, 0.3) is 5.91 Å². The molecule has 0 saturated carbocycles. The molecule has 0 spiro atoms. The van der Waals surface area contributed by atoms with Crippen LogP contribution in [0, 0.1) is 12.8 Å². The van der Waals surface area contributed by atoms with Crippen molar-refractivity contribution >= 4 is 11.9 Å². The van der Waals surface area contributed by atoms with Gasteiger partial charge in [0.15, 0.2) is 0 Å². The van der Waals surface area contributed by atoms with Crippen molar-refractivity contribution in [3.8, 4) is 5.75 Å². The molecule has 1 N–H and O–H groups in total. The van der Waals surface area contributed by atoms with E-state index in [1.54, 1.807) is 11.8 Å². The molecule has 0 aliphatic carbocycles. The van der Waals surface area contributed by atoms with E-state index in [9.17, 15) is 9.59 Å². The Balaban J connectivity index is 1.53. The number of likely N-dealkylation sites (tertiary alicyclic amines) is 1. The molecule has 26 heavy (non-hydrogen) atoms. The quantitative estimate of drug-likeness (QED) is 0.893. The maximum atomic E-state index is 12.6. The van der Waals surface area contributed by atoms with Gasteiger partial charge in [0, 0.05) is 13.1 Å². The first-order chi connectivity index (χ1) is 12.5. The van der Waals surface area contributed by atoms with Crippen LogP contribution in [0.1, 0.15) is 39.4 Å². The Bertz CT molecular complexity index is 784. The maximum Gasteiger partial charge on any atom is 0.337 e. The number of nitrogens with zero attached hydrogens (tertiary/aromatic N) is 2. The van der Waals surface area contributed by atoms with Crippen LogP contribution < -0.4 is 4.74 Å². The van der Waals surface area contributed by atoms with E-state index in [0.29, 0.717) is 37.0 Å². The summed E-state index contributed by atoms with van der Waals surface area (Å²) in [5, 5.41) is 9.06. The predicted octanol–water partition coefficient (Wildman–Crippen LogP) is 3.02. The summed E-state index contributed by atoms with van der Waals surface area (Å²) in [5.41, 5.74) is 0.777. The largest absolute Gasteiger partial charge is 0.493 e. The van der Waals surface area contributed by atoms with Crippen molar-refractivity contribution in [3.63, 3.8) is 0 Å². The molecule has 6 nitrogen and oxygen atoms in total. The summed E-state index contributed by atoms with van der Waals surface area (Å²) < 4.78 is 5.81. The number of piperidine rings is 1. The molecule has 3 rings (SSSR count). The highest BCUT2D eigenvalue weighted by Gasteiger charge is 2.25. The van der Waals surface area contributed by atoms with Gasteiger partial charge in [0.1, 0.15) is 11.4 Å². The molecule has 1 aliphatic heterocycles. The Morgan fingerprint density at radius 2 is 1.85 bits per heavy atom. The number of aromatic nitrogens is 1. The summed E-state index contributed by atoms with van der Waals surface area (Å²) in [6.07, 6.45) is 1.76. The molecule has 1 saturated heterocycles. The molecule has 0 unspecified atom stereocenters. The Morgan fingerprint density at radius 3 is 2.46 bits per heavy atom. The minimum atomic E-state index is -1.03. The second-order valence-electron chi connectivity index (χ2n) is 6.49. The fourth-order valence-electron chi connectivity index (χ4n) is 3.10. The molecule has 0 bridgehead atoms. The van der Waals surface area contributed by atoms with Gasteiger partial charge >= 0.3 is 5.97 Å². The van der Waals surface area contributed by atoms with Crippen LogP contribution in [0.4, 0.5) is 0 Å². The van der Waals surface area contributed by atoms with Crippen LogP contribution >= 0.6 is 0 Å². The number of carbonyl (C=O) groups excluding carboxylic acids is 1. The highest BCUT2D eigenvalue weighted by molar-refractivity contribution is 5.94. The predicted molar refractivity (Wildman–Crippen MR) is 96.5 cm³/mol. The normalized spacial score (nSPS) is 14.9. The minimum absolute atomic E-state index is 0.123. The summed E-state index contributed by atoms with van der Waals surface area (Å²) in [7, 11) is 0. The highest BCUT2D eigenvalue weighted by atomic mass is 16.5. The number of hydrogen-bond donors (Lipinski definition) is 1. The standard InChI is InChI=1S/C20H22N2O4/c1-14-17(20(24)25)7-8-18(21-14)19(23)22-11-9-15(10-12-22)13-26-16-5-3-2-4-6-16/h2-8,15H,9-13H2,1H3,(H,24,25). The fourth-order valence-corrected chi connectivity index (χ4v) is 3.10. The zero-order chi connectivity index (χ0) is 18.5. The lowest BCUT2D eigenvalue weighted by molar-refractivity contribution is 0.0650. The van der Waals surface area contributed by atoms with Gasteiger partial charge in [0.05, 0.1) is 17.9 Å². The van der Waals surface area contributed by atoms with Crippen LogP contribution in [-0.4, -0.2) is 46.6 Å². The molecule has 1 aliphatic rings. The third-order valence-corrected chi connectivity index (χ3v) is 4.67. The van der Waals surface area contributed by atoms with Crippen LogP contribution in [0.25, 0.3) is 0 Å². The first-order valence-corrected chi connectivity index (χ1v) is 8.72. The van der Waals surface area contributed by atoms with Gasteiger partial charge in [-0.05, 0) is 49.9 Å². The number of ether oxygens (including phenoxy) is 1. The Kier molecular flexibility index (Phi) is 5.51. The Labute approximate surface area is 152 Å². The van der Waals surface area contributed by atoms with E-state index in [0.717, 1.165) is 18.6 Å². The molecular formula is C20H22N2O4. The van der Waals surface area contributed by atoms with Gasteiger partial charge in [-0.25, -0.2) is 9.78 Å². The van der Waals surface area contributed by atoms with E-state index in [2.05, 4.69) is 4.98 Å². The molecule has 2 aromatic rings. The molecule has 6 heteroatoms. The molecule has 0 atom stereocenters. The minimum Gasteiger partial charge on any atom is -0.493 e. The van der Waals surface area contributed by atoms with Crippen molar-refractivity contribution in [2.45, 2.75) is 19.8 Å². The van der Waals surface area contributed by atoms with Crippen LogP contribution in [0.5, 0.6) is 5.75 Å². The summed E-state index contributed by atoms with van der Waals surface area (Å²) in [4.78, 5) is 29.6. The first-order valence-electron chi connectivity index (χ1n) is 8.72. The lowest BCUT2D eigenvalue weighted by Gasteiger charge is -2.31. The average Bonchev–Trinajstić information content (AvgIpc) is 2.66. The molecule has 136 valence electrons. The smallest absolute Gasteiger partial charge is 0.337 e. The number of benzene rings is 1. The van der Waals surface area contributed by atoms with E-state index in [4.69, 9.17) is 9.84 Å². The number of pyridine rings is 1. The van der Waals surface area contributed by atoms with Gasteiger partial charge < -0.3 is 14.7 Å². The van der Waals surface area contributed by atoms with Crippen LogP contribution in [0.15, 0.2) is 42.5 Å². The lowest BCUT2D eigenvalue weighted by Crippen LogP contribution is -2.40. The number of para-hydroxylation sites is 1. The number of rotatable bonds is 5. The van der Waals surface area contributed by atoms with E-state index in [1.807, 2.05) is 30.3 Å². The van der Waals surface area contributed by atoms with Gasteiger partial charge in [-0.1, -0.05) is 18.2 Å². The number of hydrogen-bond acceptors (Lipinski definition) is 4. The molecule has 1 fully saturated rings. The number of carbonyl (C=O) groups is 2. The van der Waals surface area contributed by atoms with Crippen molar-refractivity contribution in [3.05, 3.63) is 59.4 Å². The first kappa shape index (κ1) is 17.9. The average molecular weight is 354 g/mol. The lowest BCUT2D eigenvalue weighted by atomic mass is 9.97. The van der Waals surface area contributed by atoms with Crippen molar-refractivity contribution < 1.29 is 19.4 Å².